The highest BCUT2D eigenvalue weighted by atomic mass is 16.2. The van der Waals surface area contributed by atoms with E-state index >= 15 is 0 Å². The van der Waals surface area contributed by atoms with E-state index in [9.17, 15) is 4.79 Å². The van der Waals surface area contributed by atoms with Gasteiger partial charge in [-0.2, -0.15) is 0 Å². The van der Waals surface area contributed by atoms with Crippen molar-refractivity contribution in [2.24, 2.45) is 0 Å². The minimum Gasteiger partial charge on any atom is -0.297 e. The Balaban J connectivity index is 1.77. The van der Waals surface area contributed by atoms with E-state index in [0.717, 1.165) is 17.1 Å². The van der Waals surface area contributed by atoms with Gasteiger partial charge in [-0.05, 0) is 31.2 Å². The molecule has 1 heterocycles. The van der Waals surface area contributed by atoms with Gasteiger partial charge in [0.2, 0.25) is 0 Å². The molecule has 116 valence electrons. The van der Waals surface area contributed by atoms with Gasteiger partial charge in [0.1, 0.15) is 0 Å². The predicted molar refractivity (Wildman–Crippen MR) is 92.2 cm³/mol. The average Bonchev–Trinajstić information content (AvgIpc) is 2.96. The van der Waals surface area contributed by atoms with Crippen LogP contribution in [0.25, 0.3) is 5.69 Å². The SMILES string of the molecule is Cc1cc(NC(=O)N(C)c2ccccc2)nn1-c1ccccc1. The van der Waals surface area contributed by atoms with E-state index < -0.39 is 0 Å². The summed E-state index contributed by atoms with van der Waals surface area (Å²) in [5.74, 6) is 0.527. The number of benzene rings is 2. The van der Waals surface area contributed by atoms with Crippen LogP contribution in [0.5, 0.6) is 0 Å². The molecule has 0 saturated carbocycles. The lowest BCUT2D eigenvalue weighted by molar-refractivity contribution is 0.258. The van der Waals surface area contributed by atoms with E-state index in [4.69, 9.17) is 0 Å². The van der Waals surface area contributed by atoms with Gasteiger partial charge < -0.3 is 0 Å². The molecule has 5 nitrogen and oxygen atoms in total. The first-order valence-electron chi connectivity index (χ1n) is 7.37. The van der Waals surface area contributed by atoms with E-state index in [1.165, 1.54) is 0 Å². The van der Waals surface area contributed by atoms with Crippen molar-refractivity contribution in [2.45, 2.75) is 6.92 Å². The van der Waals surface area contributed by atoms with Crippen molar-refractivity contribution in [2.75, 3.05) is 17.3 Å². The number of urea groups is 1. The molecule has 0 fully saturated rings. The van der Waals surface area contributed by atoms with Crippen molar-refractivity contribution in [1.82, 2.24) is 9.78 Å². The Morgan fingerprint density at radius 2 is 1.65 bits per heavy atom. The number of carbonyl (C=O) groups excluding carboxylic acids is 1. The maximum absolute atomic E-state index is 12.3. The maximum Gasteiger partial charge on any atom is 0.327 e. The van der Waals surface area contributed by atoms with Gasteiger partial charge in [0.25, 0.3) is 0 Å². The molecule has 0 bridgehead atoms. The van der Waals surface area contributed by atoms with Crippen molar-refractivity contribution >= 4 is 17.5 Å². The van der Waals surface area contributed by atoms with Gasteiger partial charge in [0.05, 0.1) is 5.69 Å². The van der Waals surface area contributed by atoms with Gasteiger partial charge in [0, 0.05) is 24.5 Å². The second-order valence-corrected chi connectivity index (χ2v) is 5.24. The lowest BCUT2D eigenvalue weighted by atomic mass is 10.3. The van der Waals surface area contributed by atoms with Crippen molar-refractivity contribution < 1.29 is 4.79 Å². The maximum atomic E-state index is 12.3. The molecule has 2 aromatic carbocycles. The first-order valence-corrected chi connectivity index (χ1v) is 7.37. The van der Waals surface area contributed by atoms with Gasteiger partial charge in [-0.1, -0.05) is 36.4 Å². The standard InChI is InChI=1S/C18H18N4O/c1-14-13-17(20-22(14)16-11-7-4-8-12-16)19-18(23)21(2)15-9-5-3-6-10-15/h3-13H,1-2H3,(H,19,20,23). The minimum absolute atomic E-state index is 0.228. The molecule has 0 radical (unpaired) electrons. The first-order chi connectivity index (χ1) is 11.1. The Morgan fingerprint density at radius 3 is 2.30 bits per heavy atom. The third-order valence-electron chi connectivity index (χ3n) is 3.57. The van der Waals surface area contributed by atoms with Crippen LogP contribution in [0.15, 0.2) is 66.7 Å². The van der Waals surface area contributed by atoms with Crippen molar-refractivity contribution in [3.05, 3.63) is 72.4 Å². The number of rotatable bonds is 3. The molecule has 1 aromatic heterocycles. The number of amides is 2. The normalized spacial score (nSPS) is 10.3. The first kappa shape index (κ1) is 14.8. The Bertz CT molecular complexity index is 796. The molecule has 3 aromatic rings. The molecule has 0 saturated heterocycles. The van der Waals surface area contributed by atoms with Crippen LogP contribution in [-0.4, -0.2) is 22.9 Å². The van der Waals surface area contributed by atoms with Crippen LogP contribution >= 0.6 is 0 Å². The summed E-state index contributed by atoms with van der Waals surface area (Å²) in [7, 11) is 1.73. The van der Waals surface area contributed by atoms with Crippen LogP contribution in [0, 0.1) is 6.92 Å². The van der Waals surface area contributed by atoms with Gasteiger partial charge in [-0.3, -0.25) is 10.2 Å². The van der Waals surface area contributed by atoms with Crippen LogP contribution in [0.3, 0.4) is 0 Å². The number of hydrogen-bond donors (Lipinski definition) is 1. The fraction of sp³-hybridized carbons (Fsp3) is 0.111. The summed E-state index contributed by atoms with van der Waals surface area (Å²) in [5.41, 5.74) is 2.74. The van der Waals surface area contributed by atoms with E-state index in [2.05, 4.69) is 10.4 Å². The van der Waals surface area contributed by atoms with Gasteiger partial charge in [-0.15, -0.1) is 5.10 Å². The van der Waals surface area contributed by atoms with Crippen molar-refractivity contribution in [3.8, 4) is 5.69 Å². The smallest absolute Gasteiger partial charge is 0.297 e. The lowest BCUT2D eigenvalue weighted by Crippen LogP contribution is -2.31. The summed E-state index contributed by atoms with van der Waals surface area (Å²) in [5, 5.41) is 7.28. The Hall–Kier alpha value is -3.08. The molecule has 0 spiro atoms. The summed E-state index contributed by atoms with van der Waals surface area (Å²) < 4.78 is 1.80. The van der Waals surface area contributed by atoms with E-state index in [1.807, 2.05) is 73.7 Å². The van der Waals surface area contributed by atoms with Gasteiger partial charge >= 0.3 is 6.03 Å². The lowest BCUT2D eigenvalue weighted by Gasteiger charge is -2.16. The summed E-state index contributed by atoms with van der Waals surface area (Å²) in [6.07, 6.45) is 0. The number of aromatic nitrogens is 2. The number of nitrogens with zero attached hydrogens (tertiary/aromatic N) is 3. The fourth-order valence-electron chi connectivity index (χ4n) is 2.33. The van der Waals surface area contributed by atoms with Crippen LogP contribution < -0.4 is 10.2 Å². The molecular weight excluding hydrogens is 288 g/mol. The number of nitrogens with one attached hydrogen (secondary N) is 1. The van der Waals surface area contributed by atoms with E-state index in [-0.39, 0.29) is 6.03 Å². The monoisotopic (exact) mass is 306 g/mol. The zero-order valence-electron chi connectivity index (χ0n) is 13.1. The molecule has 0 aliphatic rings. The molecule has 23 heavy (non-hydrogen) atoms. The molecule has 2 amide bonds. The number of carbonyl (C=O) groups is 1. The molecule has 1 N–H and O–H groups in total. The summed E-state index contributed by atoms with van der Waals surface area (Å²) in [6.45, 7) is 1.95. The second kappa shape index (κ2) is 6.36. The Kier molecular flexibility index (Phi) is 4.10. The third-order valence-corrected chi connectivity index (χ3v) is 3.57. The van der Waals surface area contributed by atoms with Crippen LogP contribution in [0.4, 0.5) is 16.3 Å². The number of para-hydroxylation sites is 2. The molecule has 5 heteroatoms. The van der Waals surface area contributed by atoms with Crippen molar-refractivity contribution in [3.63, 3.8) is 0 Å². The Labute approximate surface area is 135 Å². The molecule has 0 unspecified atom stereocenters. The minimum atomic E-state index is -0.228. The highest BCUT2D eigenvalue weighted by Crippen LogP contribution is 2.17. The topological polar surface area (TPSA) is 50.2 Å². The summed E-state index contributed by atoms with van der Waals surface area (Å²) in [6, 6.07) is 20.9. The van der Waals surface area contributed by atoms with Crippen LogP contribution in [0.1, 0.15) is 5.69 Å². The number of anilines is 2. The summed E-state index contributed by atoms with van der Waals surface area (Å²) in [4.78, 5) is 13.9. The van der Waals surface area contributed by atoms with Crippen molar-refractivity contribution in [1.29, 1.82) is 0 Å². The highest BCUT2D eigenvalue weighted by molar-refractivity contribution is 6.00. The quantitative estimate of drug-likeness (QED) is 0.799. The second-order valence-electron chi connectivity index (χ2n) is 5.24. The zero-order chi connectivity index (χ0) is 16.2. The summed E-state index contributed by atoms with van der Waals surface area (Å²) >= 11 is 0. The molecule has 0 atom stereocenters. The van der Waals surface area contributed by atoms with E-state index in [1.54, 1.807) is 16.6 Å². The highest BCUT2D eigenvalue weighted by Gasteiger charge is 2.13. The largest absolute Gasteiger partial charge is 0.327 e. The number of aryl methyl sites for hydroxylation is 1. The average molecular weight is 306 g/mol. The predicted octanol–water partition coefficient (Wildman–Crippen LogP) is 3.85. The van der Waals surface area contributed by atoms with Gasteiger partial charge in [0.15, 0.2) is 5.82 Å². The van der Waals surface area contributed by atoms with Crippen LogP contribution in [0.2, 0.25) is 0 Å². The molecule has 0 aliphatic heterocycles. The molecule has 0 aliphatic carbocycles. The van der Waals surface area contributed by atoms with Gasteiger partial charge in [-0.25, -0.2) is 9.48 Å². The fourth-order valence-corrected chi connectivity index (χ4v) is 2.33. The Morgan fingerprint density at radius 1 is 1.04 bits per heavy atom. The third kappa shape index (κ3) is 3.23. The zero-order valence-corrected chi connectivity index (χ0v) is 13.1. The molecular formula is C18H18N4O. The van der Waals surface area contributed by atoms with E-state index in [0.29, 0.717) is 5.82 Å². The molecule has 3 rings (SSSR count). The number of hydrogen-bond acceptors (Lipinski definition) is 2. The van der Waals surface area contributed by atoms with Crippen LogP contribution in [-0.2, 0) is 0 Å².